The molecule has 0 aliphatic carbocycles. The third kappa shape index (κ3) is 2.21. The SMILES string of the molecule is Cc1[nH]c(C2(C)CCCCO2)nc(=S)c1Br. The summed E-state index contributed by atoms with van der Waals surface area (Å²) in [6, 6.07) is 0. The van der Waals surface area contributed by atoms with Gasteiger partial charge in [-0.05, 0) is 49.0 Å². The molecule has 2 rings (SSSR count). The highest BCUT2D eigenvalue weighted by atomic mass is 79.9. The highest BCUT2D eigenvalue weighted by molar-refractivity contribution is 9.10. The van der Waals surface area contributed by atoms with Crippen LogP contribution in [0.4, 0.5) is 0 Å². The summed E-state index contributed by atoms with van der Waals surface area (Å²) in [6.45, 7) is 4.86. The first kappa shape index (κ1) is 12.2. The number of aromatic amines is 1. The van der Waals surface area contributed by atoms with Gasteiger partial charge in [0, 0.05) is 12.3 Å². The van der Waals surface area contributed by atoms with Crippen molar-refractivity contribution in [1.29, 1.82) is 0 Å². The summed E-state index contributed by atoms with van der Waals surface area (Å²) < 4.78 is 7.31. The van der Waals surface area contributed by atoms with E-state index in [1.54, 1.807) is 0 Å². The van der Waals surface area contributed by atoms with Gasteiger partial charge in [0.1, 0.15) is 16.1 Å². The van der Waals surface area contributed by atoms with E-state index in [1.807, 2.05) is 6.92 Å². The van der Waals surface area contributed by atoms with Crippen LogP contribution in [-0.2, 0) is 10.3 Å². The third-order valence-corrected chi connectivity index (χ3v) is 4.53. The van der Waals surface area contributed by atoms with E-state index < -0.39 is 0 Å². The minimum absolute atomic E-state index is 0.308. The molecule has 0 spiro atoms. The molecule has 0 bridgehead atoms. The van der Waals surface area contributed by atoms with Crippen molar-refractivity contribution in [1.82, 2.24) is 9.97 Å². The van der Waals surface area contributed by atoms with Gasteiger partial charge in [0.25, 0.3) is 0 Å². The predicted octanol–water partition coefficient (Wildman–Crippen LogP) is 3.63. The monoisotopic (exact) mass is 302 g/mol. The Morgan fingerprint density at radius 2 is 2.25 bits per heavy atom. The van der Waals surface area contributed by atoms with Gasteiger partial charge in [0.05, 0.1) is 4.47 Å². The van der Waals surface area contributed by atoms with Crippen LogP contribution in [0, 0.1) is 11.6 Å². The molecule has 16 heavy (non-hydrogen) atoms. The van der Waals surface area contributed by atoms with Crippen LogP contribution in [0.25, 0.3) is 0 Å². The second-order valence-corrected chi connectivity index (χ2v) is 5.55. The van der Waals surface area contributed by atoms with Crippen LogP contribution < -0.4 is 0 Å². The maximum Gasteiger partial charge on any atom is 0.144 e. The first-order chi connectivity index (χ1) is 7.53. The van der Waals surface area contributed by atoms with Crippen molar-refractivity contribution in [3.8, 4) is 0 Å². The Balaban J connectivity index is 2.43. The van der Waals surface area contributed by atoms with Crippen molar-refractivity contribution in [2.75, 3.05) is 6.61 Å². The van der Waals surface area contributed by atoms with Gasteiger partial charge in [-0.25, -0.2) is 4.98 Å². The molecule has 0 saturated carbocycles. The number of ether oxygens (including phenoxy) is 1. The number of nitrogens with zero attached hydrogens (tertiary/aromatic N) is 1. The molecule has 0 radical (unpaired) electrons. The number of aryl methyl sites for hydroxylation is 1. The zero-order valence-electron chi connectivity index (χ0n) is 9.47. The topological polar surface area (TPSA) is 37.9 Å². The lowest BCUT2D eigenvalue weighted by Gasteiger charge is -2.33. The Morgan fingerprint density at radius 1 is 1.50 bits per heavy atom. The molecule has 0 aromatic carbocycles. The van der Waals surface area contributed by atoms with Crippen molar-refractivity contribution in [2.24, 2.45) is 0 Å². The van der Waals surface area contributed by atoms with E-state index in [-0.39, 0.29) is 5.60 Å². The number of hydrogen-bond acceptors (Lipinski definition) is 3. The molecule has 3 nitrogen and oxygen atoms in total. The molecule has 1 atom stereocenters. The van der Waals surface area contributed by atoms with E-state index in [9.17, 15) is 0 Å². The summed E-state index contributed by atoms with van der Waals surface area (Å²) in [6.07, 6.45) is 3.30. The Morgan fingerprint density at radius 3 is 2.81 bits per heavy atom. The van der Waals surface area contributed by atoms with Gasteiger partial charge in [-0.15, -0.1) is 0 Å². The second-order valence-electron chi connectivity index (χ2n) is 4.37. The van der Waals surface area contributed by atoms with Gasteiger partial charge in [0.15, 0.2) is 0 Å². The molecule has 1 N–H and O–H groups in total. The number of halogens is 1. The Hall–Kier alpha value is -0.260. The summed E-state index contributed by atoms with van der Waals surface area (Å²) in [7, 11) is 0. The van der Waals surface area contributed by atoms with Gasteiger partial charge < -0.3 is 9.72 Å². The van der Waals surface area contributed by atoms with Crippen LogP contribution in [0.3, 0.4) is 0 Å². The normalized spacial score (nSPS) is 25.7. The van der Waals surface area contributed by atoms with Crippen LogP contribution in [0.1, 0.15) is 37.7 Å². The van der Waals surface area contributed by atoms with Crippen LogP contribution in [0.15, 0.2) is 4.47 Å². The maximum atomic E-state index is 5.85. The molecular weight excluding hydrogens is 288 g/mol. The minimum atomic E-state index is -0.308. The van der Waals surface area contributed by atoms with E-state index in [0.717, 1.165) is 35.4 Å². The first-order valence-electron chi connectivity index (χ1n) is 5.44. The van der Waals surface area contributed by atoms with Gasteiger partial charge >= 0.3 is 0 Å². The maximum absolute atomic E-state index is 5.85. The lowest BCUT2D eigenvalue weighted by atomic mass is 9.95. The van der Waals surface area contributed by atoms with Crippen LogP contribution in [0.2, 0.25) is 0 Å². The van der Waals surface area contributed by atoms with Gasteiger partial charge in [-0.3, -0.25) is 0 Å². The molecule has 1 aliphatic rings. The van der Waals surface area contributed by atoms with Crippen LogP contribution >= 0.6 is 28.1 Å². The van der Waals surface area contributed by atoms with Gasteiger partial charge in [-0.2, -0.15) is 0 Å². The highest BCUT2D eigenvalue weighted by Crippen LogP contribution is 2.33. The lowest BCUT2D eigenvalue weighted by Crippen LogP contribution is -2.32. The third-order valence-electron chi connectivity index (χ3n) is 3.01. The van der Waals surface area contributed by atoms with Crippen molar-refractivity contribution < 1.29 is 4.74 Å². The summed E-state index contributed by atoms with van der Waals surface area (Å²) in [5.41, 5.74) is 0.697. The minimum Gasteiger partial charge on any atom is -0.367 e. The van der Waals surface area contributed by atoms with E-state index in [2.05, 4.69) is 32.8 Å². The van der Waals surface area contributed by atoms with Crippen molar-refractivity contribution in [2.45, 2.75) is 38.7 Å². The lowest BCUT2D eigenvalue weighted by molar-refractivity contribution is -0.0762. The average Bonchev–Trinajstić information content (AvgIpc) is 2.26. The molecule has 1 fully saturated rings. The van der Waals surface area contributed by atoms with Crippen LogP contribution in [-0.4, -0.2) is 16.6 Å². The number of rotatable bonds is 1. The van der Waals surface area contributed by atoms with E-state index in [4.69, 9.17) is 17.0 Å². The number of H-pyrrole nitrogens is 1. The van der Waals surface area contributed by atoms with Crippen LogP contribution in [0.5, 0.6) is 0 Å². The van der Waals surface area contributed by atoms with E-state index in [0.29, 0.717) is 4.64 Å². The number of aromatic nitrogens is 2. The second kappa shape index (κ2) is 4.55. The molecule has 88 valence electrons. The zero-order valence-corrected chi connectivity index (χ0v) is 11.9. The first-order valence-corrected chi connectivity index (χ1v) is 6.64. The highest BCUT2D eigenvalue weighted by Gasteiger charge is 2.32. The van der Waals surface area contributed by atoms with Gasteiger partial charge in [-0.1, -0.05) is 12.2 Å². The van der Waals surface area contributed by atoms with E-state index >= 15 is 0 Å². The molecule has 1 unspecified atom stereocenters. The summed E-state index contributed by atoms with van der Waals surface area (Å²) in [4.78, 5) is 7.69. The fourth-order valence-electron chi connectivity index (χ4n) is 1.94. The average molecular weight is 303 g/mol. The fraction of sp³-hybridized carbons (Fsp3) is 0.636. The number of nitrogens with one attached hydrogen (secondary N) is 1. The van der Waals surface area contributed by atoms with E-state index in [1.165, 1.54) is 6.42 Å². The summed E-state index contributed by atoms with van der Waals surface area (Å²) in [5.74, 6) is 0.845. The molecule has 5 heteroatoms. The predicted molar refractivity (Wildman–Crippen MR) is 69.0 cm³/mol. The van der Waals surface area contributed by atoms with Gasteiger partial charge in [0.2, 0.25) is 0 Å². The zero-order chi connectivity index (χ0) is 11.8. The quantitative estimate of drug-likeness (QED) is 0.805. The molecule has 1 aliphatic heterocycles. The van der Waals surface area contributed by atoms with Crippen molar-refractivity contribution in [3.05, 3.63) is 20.6 Å². The number of hydrogen-bond donors (Lipinski definition) is 1. The molecular formula is C11H15BrN2OS. The standard InChI is InChI=1S/C11H15BrN2OS/c1-7-8(12)9(16)14-10(13-7)11(2)5-3-4-6-15-11/h3-6H2,1-2H3,(H,13,14,16). The molecule has 0 amide bonds. The smallest absolute Gasteiger partial charge is 0.144 e. The Bertz CT molecular complexity index is 452. The Labute approximate surface area is 109 Å². The summed E-state index contributed by atoms with van der Waals surface area (Å²) >= 11 is 8.63. The molecule has 2 heterocycles. The largest absolute Gasteiger partial charge is 0.367 e. The van der Waals surface area contributed by atoms with Crippen molar-refractivity contribution >= 4 is 28.1 Å². The summed E-state index contributed by atoms with van der Waals surface area (Å²) in [5, 5.41) is 0. The molecule has 1 aromatic heterocycles. The Kier molecular flexibility index (Phi) is 3.47. The fourth-order valence-corrected chi connectivity index (χ4v) is 2.37. The molecule has 1 aromatic rings. The van der Waals surface area contributed by atoms with Crippen molar-refractivity contribution in [3.63, 3.8) is 0 Å². The molecule has 1 saturated heterocycles.